The van der Waals surface area contributed by atoms with Crippen LogP contribution >= 0.6 is 22.7 Å². The molecule has 30 heavy (non-hydrogen) atoms. The zero-order chi connectivity index (χ0) is 20.7. The van der Waals surface area contributed by atoms with Crippen LogP contribution in [0.1, 0.15) is 22.5 Å². The number of aromatic carboxylic acids is 1. The number of hydrogen-bond acceptors (Lipinski definition) is 6. The molecule has 7 nitrogen and oxygen atoms in total. The Morgan fingerprint density at radius 1 is 1.13 bits per heavy atom. The second-order valence-electron chi connectivity index (χ2n) is 6.86. The van der Waals surface area contributed by atoms with Gasteiger partial charge in [-0.3, -0.25) is 10.2 Å². The number of carboxylic acids is 1. The highest BCUT2D eigenvalue weighted by Crippen LogP contribution is 2.34. The van der Waals surface area contributed by atoms with Crippen LogP contribution in [0, 0.1) is 0 Å². The predicted octanol–water partition coefficient (Wildman–Crippen LogP) is 5.10. The van der Waals surface area contributed by atoms with Gasteiger partial charge in [0.15, 0.2) is 10.8 Å². The maximum absolute atomic E-state index is 13.0. The lowest BCUT2D eigenvalue weighted by molar-refractivity contribution is 0.0691. The third-order valence-corrected chi connectivity index (χ3v) is 6.77. The third kappa shape index (κ3) is 3.42. The molecule has 2 amide bonds. The number of benzene rings is 2. The summed E-state index contributed by atoms with van der Waals surface area (Å²) in [5, 5.41) is 14.8. The average Bonchev–Trinajstić information content (AvgIpc) is 3.40. The molecular formula is C21H16N4O3S2. The number of rotatable bonds is 3. The number of fused-ring (bicyclic) bond motifs is 2. The maximum Gasteiger partial charge on any atom is 0.355 e. The van der Waals surface area contributed by atoms with Crippen LogP contribution in [-0.4, -0.2) is 33.6 Å². The van der Waals surface area contributed by atoms with Crippen LogP contribution in [0.5, 0.6) is 0 Å². The molecule has 0 spiro atoms. The van der Waals surface area contributed by atoms with Gasteiger partial charge in [0, 0.05) is 23.2 Å². The molecule has 0 radical (unpaired) electrons. The Bertz CT molecular complexity index is 1250. The number of anilines is 2. The lowest BCUT2D eigenvalue weighted by Gasteiger charge is -2.29. The van der Waals surface area contributed by atoms with Gasteiger partial charge in [-0.15, -0.1) is 11.3 Å². The van der Waals surface area contributed by atoms with Crippen molar-refractivity contribution in [1.29, 1.82) is 0 Å². The maximum atomic E-state index is 13.0. The molecule has 2 aromatic heterocycles. The zero-order valence-electron chi connectivity index (χ0n) is 15.7. The Morgan fingerprint density at radius 2 is 2.00 bits per heavy atom. The van der Waals surface area contributed by atoms with Gasteiger partial charge in [0.05, 0.1) is 10.2 Å². The molecule has 0 unspecified atom stereocenters. The van der Waals surface area contributed by atoms with E-state index in [1.54, 1.807) is 4.90 Å². The highest BCUT2D eigenvalue weighted by molar-refractivity contribution is 7.22. The van der Waals surface area contributed by atoms with Crippen molar-refractivity contribution in [3.05, 3.63) is 59.1 Å². The standard InChI is InChI=1S/C21H16N4O3S2/c26-19(27)15-11-29-18(22-15)13-8-7-12-4-3-9-25(16(12)10-13)21(28)24-20-23-14-5-1-2-6-17(14)30-20/h1-2,5-8,10-11H,3-4,9H2,(H,26,27)(H,23,24,28). The van der Waals surface area contributed by atoms with E-state index in [2.05, 4.69) is 15.3 Å². The molecule has 2 N–H and O–H groups in total. The fraction of sp³-hybridized carbons (Fsp3) is 0.143. The molecule has 0 atom stereocenters. The molecule has 4 aromatic rings. The Labute approximate surface area is 179 Å². The van der Waals surface area contributed by atoms with Crippen LogP contribution < -0.4 is 10.2 Å². The summed E-state index contributed by atoms with van der Waals surface area (Å²) in [5.41, 5.74) is 3.59. The van der Waals surface area contributed by atoms with Gasteiger partial charge in [0.1, 0.15) is 5.01 Å². The summed E-state index contributed by atoms with van der Waals surface area (Å²) in [6, 6.07) is 13.4. The molecule has 5 rings (SSSR count). The van der Waals surface area contributed by atoms with Crippen LogP contribution in [0.2, 0.25) is 0 Å². The molecule has 1 aliphatic heterocycles. The average molecular weight is 437 g/mol. The van der Waals surface area contributed by atoms with E-state index in [4.69, 9.17) is 5.11 Å². The van der Waals surface area contributed by atoms with E-state index < -0.39 is 5.97 Å². The molecule has 3 heterocycles. The van der Waals surface area contributed by atoms with Crippen molar-refractivity contribution < 1.29 is 14.7 Å². The van der Waals surface area contributed by atoms with E-state index in [-0.39, 0.29) is 11.7 Å². The summed E-state index contributed by atoms with van der Waals surface area (Å²) in [6.45, 7) is 0.603. The quantitative estimate of drug-likeness (QED) is 0.466. The third-order valence-electron chi connectivity index (χ3n) is 4.93. The molecule has 9 heteroatoms. The van der Waals surface area contributed by atoms with Crippen LogP contribution in [0.4, 0.5) is 15.6 Å². The van der Waals surface area contributed by atoms with Gasteiger partial charge in [-0.05, 0) is 36.6 Å². The van der Waals surface area contributed by atoms with E-state index in [1.165, 1.54) is 28.1 Å². The number of aromatic nitrogens is 2. The molecule has 0 fully saturated rings. The summed E-state index contributed by atoms with van der Waals surface area (Å²) >= 11 is 2.72. The van der Waals surface area contributed by atoms with Crippen molar-refractivity contribution in [1.82, 2.24) is 9.97 Å². The number of urea groups is 1. The number of para-hydroxylation sites is 1. The minimum absolute atomic E-state index is 0.0261. The number of carbonyl (C=O) groups is 2. The Hall–Kier alpha value is -3.30. The molecule has 1 aliphatic rings. The highest BCUT2D eigenvalue weighted by atomic mass is 32.1. The summed E-state index contributed by atoms with van der Waals surface area (Å²) in [4.78, 5) is 34.6. The van der Waals surface area contributed by atoms with Crippen LogP contribution in [0.3, 0.4) is 0 Å². The number of carboxylic acid groups (broad SMARTS) is 1. The minimum atomic E-state index is -1.05. The Balaban J connectivity index is 1.44. The van der Waals surface area contributed by atoms with E-state index in [0.29, 0.717) is 16.7 Å². The van der Waals surface area contributed by atoms with Gasteiger partial charge < -0.3 is 5.11 Å². The molecule has 2 aromatic carbocycles. The van der Waals surface area contributed by atoms with Crippen molar-refractivity contribution >= 4 is 55.7 Å². The predicted molar refractivity (Wildman–Crippen MR) is 119 cm³/mol. The number of carbonyl (C=O) groups excluding carboxylic acids is 1. The normalized spacial score (nSPS) is 13.3. The second-order valence-corrected chi connectivity index (χ2v) is 8.75. The smallest absolute Gasteiger partial charge is 0.355 e. The van der Waals surface area contributed by atoms with E-state index in [9.17, 15) is 9.59 Å². The lowest BCUT2D eigenvalue weighted by Crippen LogP contribution is -2.38. The number of hydrogen-bond donors (Lipinski definition) is 2. The topological polar surface area (TPSA) is 95.4 Å². The molecular weight excluding hydrogens is 420 g/mol. The van der Waals surface area contributed by atoms with Crippen molar-refractivity contribution in [3.8, 4) is 10.6 Å². The summed E-state index contributed by atoms with van der Waals surface area (Å²) in [5.74, 6) is -1.05. The van der Waals surface area contributed by atoms with E-state index in [0.717, 1.165) is 39.9 Å². The van der Waals surface area contributed by atoms with Gasteiger partial charge in [-0.1, -0.05) is 35.6 Å². The largest absolute Gasteiger partial charge is 0.476 e. The Kier molecular flexibility index (Phi) is 4.68. The lowest BCUT2D eigenvalue weighted by atomic mass is 10.00. The first-order valence-electron chi connectivity index (χ1n) is 9.35. The van der Waals surface area contributed by atoms with Gasteiger partial charge in [-0.2, -0.15) is 0 Å². The monoisotopic (exact) mass is 436 g/mol. The molecule has 0 aliphatic carbocycles. The first kappa shape index (κ1) is 18.7. The molecule has 0 saturated carbocycles. The van der Waals surface area contributed by atoms with Gasteiger partial charge in [0.25, 0.3) is 0 Å². The molecule has 0 bridgehead atoms. The number of nitrogens with one attached hydrogen (secondary N) is 1. The van der Waals surface area contributed by atoms with Crippen molar-refractivity contribution in [2.45, 2.75) is 12.8 Å². The van der Waals surface area contributed by atoms with Crippen molar-refractivity contribution in [2.24, 2.45) is 0 Å². The number of thiazole rings is 2. The van der Waals surface area contributed by atoms with Crippen LogP contribution in [0.25, 0.3) is 20.8 Å². The number of amides is 2. The SMILES string of the molecule is O=C(O)c1csc(-c2ccc3c(c2)N(C(=O)Nc2nc4ccccc4s2)CCC3)n1. The first-order valence-corrected chi connectivity index (χ1v) is 11.0. The molecule has 150 valence electrons. The van der Waals surface area contributed by atoms with E-state index in [1.807, 2.05) is 42.5 Å². The van der Waals surface area contributed by atoms with Gasteiger partial charge >= 0.3 is 12.0 Å². The fourth-order valence-corrected chi connectivity index (χ4v) is 5.15. The second kappa shape index (κ2) is 7.51. The zero-order valence-corrected chi connectivity index (χ0v) is 17.3. The highest BCUT2D eigenvalue weighted by Gasteiger charge is 2.24. The number of aryl methyl sites for hydroxylation is 1. The van der Waals surface area contributed by atoms with Crippen molar-refractivity contribution in [2.75, 3.05) is 16.8 Å². The Morgan fingerprint density at radius 3 is 2.80 bits per heavy atom. The fourth-order valence-electron chi connectivity index (χ4n) is 3.51. The summed E-state index contributed by atoms with van der Waals surface area (Å²) in [6.07, 6.45) is 1.76. The summed E-state index contributed by atoms with van der Waals surface area (Å²) in [7, 11) is 0. The van der Waals surface area contributed by atoms with Gasteiger partial charge in [-0.25, -0.2) is 19.6 Å². The van der Waals surface area contributed by atoms with Crippen LogP contribution in [0.15, 0.2) is 47.8 Å². The number of nitrogens with zero attached hydrogens (tertiary/aromatic N) is 3. The molecule has 0 saturated heterocycles. The summed E-state index contributed by atoms with van der Waals surface area (Å²) < 4.78 is 1.02. The van der Waals surface area contributed by atoms with Gasteiger partial charge in [0.2, 0.25) is 0 Å². The minimum Gasteiger partial charge on any atom is -0.476 e. The van der Waals surface area contributed by atoms with E-state index >= 15 is 0 Å². The first-order chi connectivity index (χ1) is 14.6. The van der Waals surface area contributed by atoms with Crippen molar-refractivity contribution in [3.63, 3.8) is 0 Å². The van der Waals surface area contributed by atoms with Crippen LogP contribution in [-0.2, 0) is 6.42 Å².